The predicted molar refractivity (Wildman–Crippen MR) is 280 cm³/mol. The van der Waals surface area contributed by atoms with Gasteiger partial charge in [-0.15, -0.1) is 0 Å². The van der Waals surface area contributed by atoms with Gasteiger partial charge in [0.25, 0.3) is 0 Å². The van der Waals surface area contributed by atoms with E-state index in [2.05, 4.69) is 49.3 Å². The molecule has 2 N–H and O–H groups in total. The Morgan fingerprint density at radius 2 is 1.08 bits per heavy atom. The third kappa shape index (κ3) is 10.6. The molecule has 0 aliphatic heterocycles. The van der Waals surface area contributed by atoms with Gasteiger partial charge in [-0.1, -0.05) is 7.43 Å². The Bertz CT molecular complexity index is 3840. The zero-order valence-corrected chi connectivity index (χ0v) is 42.3. The van der Waals surface area contributed by atoms with Crippen molar-refractivity contribution < 1.29 is 74.9 Å². The van der Waals surface area contributed by atoms with E-state index >= 15 is 0 Å². The van der Waals surface area contributed by atoms with Gasteiger partial charge in [0.05, 0.1) is 45.2 Å². The third-order valence-corrected chi connectivity index (χ3v) is 12.1. The van der Waals surface area contributed by atoms with Gasteiger partial charge in [0, 0.05) is 73.1 Å². The number of aromatic hydroxyl groups is 1. The monoisotopic (exact) mass is 1090 g/mol. The molecule has 0 radical (unpaired) electrons. The second-order valence-electron chi connectivity index (χ2n) is 15.2. The Morgan fingerprint density at radius 1 is 0.569 bits per heavy atom. The summed E-state index contributed by atoms with van der Waals surface area (Å²) in [4.78, 5) is 48.0. The van der Waals surface area contributed by atoms with Crippen LogP contribution in [0.1, 0.15) is 48.9 Å². The molecule has 0 aliphatic rings. The molecule has 11 rings (SSSR count). The number of nitrogens with zero attached hydrogens (tertiary/aromatic N) is 4. The van der Waals surface area contributed by atoms with Crippen LogP contribution < -0.4 is 32.2 Å². The Labute approximate surface area is 424 Å². The Morgan fingerprint density at radius 3 is 1.68 bits per heavy atom. The molecular weight excluding hydrogens is 1050 g/mol. The van der Waals surface area contributed by atoms with Gasteiger partial charge < -0.3 is 36.7 Å². The van der Waals surface area contributed by atoms with Crippen LogP contribution >= 0.6 is 44.3 Å². The molecule has 21 heteroatoms. The van der Waals surface area contributed by atoms with Crippen LogP contribution in [0.4, 0.5) is 0 Å². The first kappa shape index (κ1) is 52.0. The lowest BCUT2D eigenvalue weighted by Crippen LogP contribution is -2.27. The molecule has 17 nitrogen and oxygen atoms in total. The molecule has 364 valence electrons. The molecule has 0 amide bonds. The lowest BCUT2D eigenvalue weighted by atomic mass is 10.1. The van der Waals surface area contributed by atoms with Crippen molar-refractivity contribution in [3.63, 3.8) is 0 Å². The second-order valence-corrected chi connectivity index (χ2v) is 16.8. The highest BCUT2D eigenvalue weighted by Gasteiger charge is 2.20. The van der Waals surface area contributed by atoms with Crippen LogP contribution in [0.15, 0.2) is 146 Å². The van der Waals surface area contributed by atoms with E-state index in [4.69, 9.17) is 31.6 Å². The molecule has 7 heterocycles. The van der Waals surface area contributed by atoms with Crippen LogP contribution in [0.3, 0.4) is 0 Å². The number of hydrogen-bond donors (Lipinski definition) is 2. The van der Waals surface area contributed by atoms with Gasteiger partial charge in [-0.3, -0.25) is 29.4 Å². The quantitative estimate of drug-likeness (QED) is 0.0596. The van der Waals surface area contributed by atoms with E-state index in [1.165, 1.54) is 24.5 Å². The number of phenolic OH excluding ortho intramolecular Hbond substituents is 1. The number of halogens is 1. The van der Waals surface area contributed by atoms with Crippen LogP contribution in [0.25, 0.3) is 65.8 Å². The van der Waals surface area contributed by atoms with E-state index in [0.717, 1.165) is 55.2 Å². The smallest absolute Gasteiger partial charge is 0.233 e. The summed E-state index contributed by atoms with van der Waals surface area (Å²) in [5.41, 5.74) is 5.42. The standard InChI is InChI=1S/C13H12BrNO3P.C13H11NO3P.C12H7NO4.C12H8NO3P.CH4/c1-15-5-4-11(10(14)7-15)17-13-6-9(8-16)2-3-12(13)18-19;1-14-5-4-10-9(6-14)12-8(7-15)2-3-11(17-18)13(12)16-10;14-6-7-1-2-9(15)12-11(7)8-5-13(16)4-3-10(8)17-12;14-6-7-1-2-10(16-17)12-11(7)8-5-13-4-3-9(8)15-12;/h2-8H,19H2,1H3;2-7H,18H2,1H3;1-6H,(H-,14,15,16);1-6H,17H2;1H4/q2*+1;;;/p+1. The number of fused-ring (bicyclic) bond motifs is 9. The van der Waals surface area contributed by atoms with Crippen molar-refractivity contribution in [1.29, 1.82) is 0 Å². The molecule has 7 aromatic heterocycles. The first-order chi connectivity index (χ1) is 34.4. The molecule has 0 aliphatic carbocycles. The Balaban J connectivity index is 0.000000140. The summed E-state index contributed by atoms with van der Waals surface area (Å²) in [6.45, 7) is 0. The van der Waals surface area contributed by atoms with Crippen molar-refractivity contribution in [2.75, 3.05) is 0 Å². The maximum absolute atomic E-state index is 11.2. The van der Waals surface area contributed by atoms with Gasteiger partial charge in [-0.05, 0) is 76.6 Å². The summed E-state index contributed by atoms with van der Waals surface area (Å²) >= 11 is 3.43. The number of carbonyl (C=O) groups excluding carboxylic acids is 4. The average molecular weight is 1090 g/mol. The fraction of sp³-hybridized carbons (Fsp3) is 0.0588. The van der Waals surface area contributed by atoms with Crippen LogP contribution in [0.5, 0.6) is 34.5 Å². The van der Waals surface area contributed by atoms with Crippen molar-refractivity contribution in [3.05, 3.63) is 155 Å². The van der Waals surface area contributed by atoms with E-state index in [1.807, 2.05) is 60.1 Å². The molecule has 11 aromatic rings. The number of rotatable bonds is 9. The molecular formula is C51H43BrN4O13P3+3. The molecule has 0 saturated carbocycles. The summed E-state index contributed by atoms with van der Waals surface area (Å²) in [6.07, 6.45) is 16.8. The molecule has 3 unspecified atom stereocenters. The Kier molecular flexibility index (Phi) is 16.5. The van der Waals surface area contributed by atoms with E-state index in [0.29, 0.717) is 90.4 Å². The number of pyridine rings is 4. The van der Waals surface area contributed by atoms with Crippen LogP contribution in [-0.4, -0.2) is 40.4 Å². The maximum atomic E-state index is 11.2. The van der Waals surface area contributed by atoms with E-state index in [1.54, 1.807) is 67.0 Å². The minimum atomic E-state index is -0.0358. The van der Waals surface area contributed by atoms with Crippen LogP contribution in [0.2, 0.25) is 0 Å². The van der Waals surface area contributed by atoms with Gasteiger partial charge >= 0.3 is 0 Å². The predicted octanol–water partition coefficient (Wildman–Crippen LogP) is 10.7. The highest BCUT2D eigenvalue weighted by Crippen LogP contribution is 2.40. The number of furan rings is 3. The maximum Gasteiger partial charge on any atom is 0.233 e. The summed E-state index contributed by atoms with van der Waals surface area (Å²) in [6, 6.07) is 21.8. The van der Waals surface area contributed by atoms with Gasteiger partial charge in [0.1, 0.15) is 41.6 Å². The zero-order chi connectivity index (χ0) is 50.3. The number of aryl methyl sites for hydroxylation is 2. The fourth-order valence-electron chi connectivity index (χ4n) is 7.49. The number of phenols is 1. The first-order valence-electron chi connectivity index (χ1n) is 20.7. The minimum Gasteiger partial charge on any atom is -0.504 e. The fourth-order valence-corrected chi connectivity index (χ4v) is 8.59. The van der Waals surface area contributed by atoms with Gasteiger partial charge in [0.2, 0.25) is 12.4 Å². The van der Waals surface area contributed by atoms with E-state index < -0.39 is 0 Å². The minimum absolute atomic E-state index is 0. The lowest BCUT2D eigenvalue weighted by Gasteiger charge is -2.11. The number of carbonyl (C=O) groups is 4. The number of hydrogen-bond acceptors (Lipinski definition) is 14. The lowest BCUT2D eigenvalue weighted by molar-refractivity contribution is -0.903. The summed E-state index contributed by atoms with van der Waals surface area (Å²) in [5, 5.41) is 23.4. The molecule has 0 spiro atoms. The average Bonchev–Trinajstić information content (AvgIpc) is 4.10. The summed E-state index contributed by atoms with van der Waals surface area (Å²) < 4.78 is 43.6. The van der Waals surface area contributed by atoms with Crippen molar-refractivity contribution in [3.8, 4) is 34.5 Å². The number of aromatic nitrogens is 4. The topological polar surface area (TPSA) is 210 Å². The van der Waals surface area contributed by atoms with Crippen LogP contribution in [0, 0.1) is 0 Å². The van der Waals surface area contributed by atoms with Gasteiger partial charge in [0.15, 0.2) is 94.9 Å². The van der Waals surface area contributed by atoms with Crippen LogP contribution in [-0.2, 0) is 14.1 Å². The van der Waals surface area contributed by atoms with Crippen molar-refractivity contribution in [1.82, 2.24) is 4.98 Å². The highest BCUT2D eigenvalue weighted by molar-refractivity contribution is 9.10. The first-order valence-corrected chi connectivity index (χ1v) is 22.9. The van der Waals surface area contributed by atoms with E-state index in [-0.39, 0.29) is 18.8 Å². The molecule has 0 bridgehead atoms. The van der Waals surface area contributed by atoms with E-state index in [9.17, 15) is 29.5 Å². The van der Waals surface area contributed by atoms with Crippen molar-refractivity contribution >= 4 is 135 Å². The molecule has 0 fully saturated rings. The van der Waals surface area contributed by atoms with Crippen molar-refractivity contribution in [2.24, 2.45) is 14.1 Å². The normalized spacial score (nSPS) is 10.6. The number of ether oxygens (including phenoxy) is 1. The SMILES string of the molecule is C.C[n+]1ccc(Oc2cc(C=O)ccc2OP)c(Br)c1.C[n+]1ccc2oc3c(OP)ccc(C=O)c3c2c1.O=Cc1ccc(O)c2oc3cc[n+](O)cc3c12.O=Cc1ccc(OP)c2oc3ccncc3c12. The molecule has 4 aromatic carbocycles. The molecule has 0 saturated heterocycles. The largest absolute Gasteiger partial charge is 0.504 e. The van der Waals surface area contributed by atoms with Gasteiger partial charge in [-0.2, -0.15) is 0 Å². The summed E-state index contributed by atoms with van der Waals surface area (Å²) in [5.74, 6) is 2.80. The second kappa shape index (κ2) is 22.9. The zero-order valence-electron chi connectivity index (χ0n) is 37.2. The summed E-state index contributed by atoms with van der Waals surface area (Å²) in [7, 11) is 10.4. The Hall–Kier alpha value is -7.87. The molecule has 72 heavy (non-hydrogen) atoms. The number of benzene rings is 4. The van der Waals surface area contributed by atoms with Crippen molar-refractivity contribution in [2.45, 2.75) is 7.43 Å². The number of aldehydes is 4. The van der Waals surface area contributed by atoms with Gasteiger partial charge in [-0.25, -0.2) is 9.13 Å². The highest BCUT2D eigenvalue weighted by atomic mass is 79.9. The third-order valence-electron chi connectivity index (χ3n) is 10.8. The molecule has 3 atom stereocenters.